The van der Waals surface area contributed by atoms with Crippen LogP contribution < -0.4 is 0 Å². The van der Waals surface area contributed by atoms with Crippen molar-refractivity contribution in [2.75, 3.05) is 6.54 Å². The van der Waals surface area contributed by atoms with Crippen LogP contribution in [0.15, 0.2) is 0 Å². The number of unbranched alkanes of at least 4 members (excludes halogenated alkanes) is 1. The fourth-order valence-electron chi connectivity index (χ4n) is 2.73. The summed E-state index contributed by atoms with van der Waals surface area (Å²) in [5, 5.41) is 9.43. The van der Waals surface area contributed by atoms with E-state index in [2.05, 4.69) is 0 Å². The van der Waals surface area contributed by atoms with Crippen LogP contribution in [0.4, 0.5) is 4.39 Å². The number of fused-ring (bicyclic) bond motifs is 1. The molecule has 1 saturated carbocycles. The molecule has 96 valence electrons. The molecule has 0 spiro atoms. The lowest BCUT2D eigenvalue weighted by atomic mass is 9.78. The first-order chi connectivity index (χ1) is 8.06. The predicted octanol–water partition coefficient (Wildman–Crippen LogP) is 0.881. The Hall–Kier alpha value is -0.970. The molecule has 5 heteroatoms. The lowest BCUT2D eigenvalue weighted by Crippen LogP contribution is -2.37. The quantitative estimate of drug-likeness (QED) is 0.749. The number of carbonyl (C=O) groups excluding carboxylic acids is 2. The zero-order valence-corrected chi connectivity index (χ0v) is 9.93. The summed E-state index contributed by atoms with van der Waals surface area (Å²) < 4.78 is 13.4. The molecule has 0 aromatic rings. The van der Waals surface area contributed by atoms with Gasteiger partial charge in [-0.25, -0.2) is 4.39 Å². The Kier molecular flexibility index (Phi) is 3.47. The van der Waals surface area contributed by atoms with Crippen LogP contribution in [-0.4, -0.2) is 40.6 Å². The van der Waals surface area contributed by atoms with Gasteiger partial charge < -0.3 is 5.11 Å². The van der Waals surface area contributed by atoms with E-state index in [-0.39, 0.29) is 24.7 Å². The molecule has 1 N–H and O–H groups in total. The van der Waals surface area contributed by atoms with Gasteiger partial charge in [-0.3, -0.25) is 14.5 Å². The van der Waals surface area contributed by atoms with Crippen molar-refractivity contribution in [2.24, 2.45) is 11.8 Å². The van der Waals surface area contributed by atoms with Crippen molar-refractivity contribution in [1.82, 2.24) is 4.90 Å². The maximum Gasteiger partial charge on any atom is 0.233 e. The smallest absolute Gasteiger partial charge is 0.233 e. The number of nitrogens with zero attached hydrogens (tertiary/aromatic N) is 1. The summed E-state index contributed by atoms with van der Waals surface area (Å²) in [6.45, 7) is 2.41. The maximum absolute atomic E-state index is 13.4. The van der Waals surface area contributed by atoms with E-state index < -0.39 is 24.1 Å². The van der Waals surface area contributed by atoms with Crippen LogP contribution in [0.3, 0.4) is 0 Å². The highest BCUT2D eigenvalue weighted by Gasteiger charge is 2.52. The molecule has 1 aliphatic heterocycles. The molecule has 1 heterocycles. The first-order valence-corrected chi connectivity index (χ1v) is 6.23. The van der Waals surface area contributed by atoms with Crippen LogP contribution in [0.2, 0.25) is 0 Å². The number of likely N-dealkylation sites (tertiary alicyclic amines) is 1. The largest absolute Gasteiger partial charge is 0.390 e. The average Bonchev–Trinajstić information content (AvgIpc) is 2.51. The minimum Gasteiger partial charge on any atom is -0.390 e. The number of aliphatic hydroxyl groups excluding tert-OH is 1. The zero-order valence-electron chi connectivity index (χ0n) is 9.93. The fourth-order valence-corrected chi connectivity index (χ4v) is 2.73. The zero-order chi connectivity index (χ0) is 12.6. The summed E-state index contributed by atoms with van der Waals surface area (Å²) in [5.74, 6) is -1.51. The number of hydrogen-bond donors (Lipinski definition) is 1. The predicted molar refractivity (Wildman–Crippen MR) is 58.7 cm³/mol. The third-order valence-corrected chi connectivity index (χ3v) is 3.78. The summed E-state index contributed by atoms with van der Waals surface area (Å²) in [4.78, 5) is 25.2. The second-order valence-electron chi connectivity index (χ2n) is 4.95. The van der Waals surface area contributed by atoms with Gasteiger partial charge in [0.1, 0.15) is 6.17 Å². The monoisotopic (exact) mass is 243 g/mol. The second-order valence-corrected chi connectivity index (χ2v) is 4.95. The van der Waals surface area contributed by atoms with Crippen molar-refractivity contribution < 1.29 is 19.1 Å². The molecule has 2 fully saturated rings. The second kappa shape index (κ2) is 4.72. The molecule has 4 atom stereocenters. The van der Waals surface area contributed by atoms with Crippen molar-refractivity contribution in [2.45, 2.75) is 44.9 Å². The van der Waals surface area contributed by atoms with Crippen LogP contribution in [0.25, 0.3) is 0 Å². The number of amides is 2. The molecule has 0 aromatic carbocycles. The number of rotatable bonds is 3. The fraction of sp³-hybridized carbons (Fsp3) is 0.833. The number of imide groups is 1. The van der Waals surface area contributed by atoms with Gasteiger partial charge in [-0.05, 0) is 19.3 Å². The number of hydrogen-bond acceptors (Lipinski definition) is 3. The Labute approximate surface area is 99.8 Å². The van der Waals surface area contributed by atoms with Gasteiger partial charge in [0.2, 0.25) is 11.8 Å². The van der Waals surface area contributed by atoms with E-state index in [1.807, 2.05) is 6.92 Å². The summed E-state index contributed by atoms with van der Waals surface area (Å²) in [7, 11) is 0. The molecule has 1 aliphatic carbocycles. The van der Waals surface area contributed by atoms with Crippen LogP contribution in [-0.2, 0) is 9.59 Å². The van der Waals surface area contributed by atoms with E-state index in [4.69, 9.17) is 0 Å². The molecular weight excluding hydrogens is 225 g/mol. The summed E-state index contributed by atoms with van der Waals surface area (Å²) in [5.41, 5.74) is 0. The van der Waals surface area contributed by atoms with Crippen LogP contribution >= 0.6 is 0 Å². The topological polar surface area (TPSA) is 57.6 Å². The standard InChI is InChI=1S/C12H18FNO3/c1-2-3-4-14-11(16)7-5-9(13)10(15)6-8(7)12(14)17/h7-10,15H,2-6H2,1H3. The summed E-state index contributed by atoms with van der Waals surface area (Å²) >= 11 is 0. The minimum absolute atomic E-state index is 0.0148. The molecule has 4 unspecified atom stereocenters. The third kappa shape index (κ3) is 2.08. The van der Waals surface area contributed by atoms with E-state index in [9.17, 15) is 19.1 Å². The third-order valence-electron chi connectivity index (χ3n) is 3.78. The van der Waals surface area contributed by atoms with Crippen molar-refractivity contribution in [3.63, 3.8) is 0 Å². The minimum atomic E-state index is -1.38. The van der Waals surface area contributed by atoms with E-state index in [1.54, 1.807) is 0 Å². The summed E-state index contributed by atoms with van der Waals surface area (Å²) in [6.07, 6.45) is -0.726. The molecule has 0 aromatic heterocycles. The van der Waals surface area contributed by atoms with Crippen molar-refractivity contribution in [3.05, 3.63) is 0 Å². The lowest BCUT2D eigenvalue weighted by Gasteiger charge is -2.28. The van der Waals surface area contributed by atoms with Gasteiger partial charge in [-0.15, -0.1) is 0 Å². The highest BCUT2D eigenvalue weighted by atomic mass is 19.1. The Morgan fingerprint density at radius 1 is 1.29 bits per heavy atom. The molecule has 2 aliphatic rings. The van der Waals surface area contributed by atoms with Crippen molar-refractivity contribution in [1.29, 1.82) is 0 Å². The lowest BCUT2D eigenvalue weighted by molar-refractivity contribution is -0.140. The highest BCUT2D eigenvalue weighted by molar-refractivity contribution is 6.05. The first-order valence-electron chi connectivity index (χ1n) is 6.23. The van der Waals surface area contributed by atoms with Crippen molar-refractivity contribution >= 4 is 11.8 Å². The van der Waals surface area contributed by atoms with E-state index in [0.29, 0.717) is 6.54 Å². The number of aliphatic hydroxyl groups is 1. The average molecular weight is 243 g/mol. The van der Waals surface area contributed by atoms with Gasteiger partial charge in [0.15, 0.2) is 0 Å². The molecular formula is C12H18FNO3. The van der Waals surface area contributed by atoms with E-state index in [0.717, 1.165) is 12.8 Å². The Morgan fingerprint density at radius 3 is 2.47 bits per heavy atom. The normalized spacial score (nSPS) is 37.5. The van der Waals surface area contributed by atoms with Gasteiger partial charge in [0.05, 0.1) is 17.9 Å². The molecule has 2 rings (SSSR count). The molecule has 0 bridgehead atoms. The Bertz CT molecular complexity index is 306. The molecule has 0 radical (unpaired) electrons. The van der Waals surface area contributed by atoms with Crippen LogP contribution in [0.5, 0.6) is 0 Å². The Balaban J connectivity index is 2.11. The molecule has 17 heavy (non-hydrogen) atoms. The number of halogens is 1. The van der Waals surface area contributed by atoms with Crippen LogP contribution in [0.1, 0.15) is 32.6 Å². The number of carbonyl (C=O) groups is 2. The molecule has 4 nitrogen and oxygen atoms in total. The van der Waals surface area contributed by atoms with Gasteiger partial charge >= 0.3 is 0 Å². The van der Waals surface area contributed by atoms with Crippen LogP contribution in [0, 0.1) is 11.8 Å². The highest BCUT2D eigenvalue weighted by Crippen LogP contribution is 2.39. The molecule has 2 amide bonds. The Morgan fingerprint density at radius 2 is 1.88 bits per heavy atom. The van der Waals surface area contributed by atoms with Gasteiger partial charge in [-0.2, -0.15) is 0 Å². The first kappa shape index (κ1) is 12.5. The van der Waals surface area contributed by atoms with Gasteiger partial charge in [0, 0.05) is 6.54 Å². The number of alkyl halides is 1. The maximum atomic E-state index is 13.4. The van der Waals surface area contributed by atoms with E-state index in [1.165, 1.54) is 4.90 Å². The van der Waals surface area contributed by atoms with Crippen molar-refractivity contribution in [3.8, 4) is 0 Å². The summed E-state index contributed by atoms with van der Waals surface area (Å²) in [6, 6.07) is 0. The van der Waals surface area contributed by atoms with E-state index >= 15 is 0 Å². The van der Waals surface area contributed by atoms with Gasteiger partial charge in [-0.1, -0.05) is 13.3 Å². The van der Waals surface area contributed by atoms with Gasteiger partial charge in [0.25, 0.3) is 0 Å². The molecule has 1 saturated heterocycles. The SMILES string of the molecule is CCCCN1C(=O)C2CC(O)C(F)CC2C1=O.